The van der Waals surface area contributed by atoms with E-state index in [0.29, 0.717) is 18.2 Å². The van der Waals surface area contributed by atoms with Gasteiger partial charge in [-0.25, -0.2) is 4.99 Å². The van der Waals surface area contributed by atoms with Crippen LogP contribution in [0.15, 0.2) is 33.8 Å². The maximum atomic E-state index is 11.8. The highest BCUT2D eigenvalue weighted by Crippen LogP contribution is 2.33. The largest absolute Gasteiger partial charge is 0.484 e. The fraction of sp³-hybridized carbons (Fsp3) is 0.267. The molecule has 0 radical (unpaired) electrons. The number of aromatic nitrogens is 1. The van der Waals surface area contributed by atoms with Gasteiger partial charge in [0.25, 0.3) is 0 Å². The van der Waals surface area contributed by atoms with Gasteiger partial charge in [-0.3, -0.25) is 4.79 Å². The van der Waals surface area contributed by atoms with E-state index in [4.69, 9.17) is 9.26 Å². The number of benzene rings is 1. The molecule has 2 aromatic rings. The van der Waals surface area contributed by atoms with Crippen LogP contribution in [-0.4, -0.2) is 28.5 Å². The molecular formula is C15H15N3O3S. The minimum atomic E-state index is -0.157. The van der Waals surface area contributed by atoms with Crippen molar-refractivity contribution in [1.29, 1.82) is 0 Å². The first kappa shape index (κ1) is 14.6. The van der Waals surface area contributed by atoms with Crippen LogP contribution in [0.2, 0.25) is 0 Å². The number of hydrogen-bond acceptors (Lipinski definition) is 6. The third-order valence-corrected chi connectivity index (χ3v) is 3.93. The highest BCUT2D eigenvalue weighted by atomic mass is 32.2. The molecule has 2 heterocycles. The van der Waals surface area contributed by atoms with Gasteiger partial charge in [0, 0.05) is 6.07 Å². The fourth-order valence-electron chi connectivity index (χ4n) is 1.96. The number of rotatable bonds is 3. The third-order valence-electron chi connectivity index (χ3n) is 2.98. The summed E-state index contributed by atoms with van der Waals surface area (Å²) in [5.74, 6) is 1.95. The Hall–Kier alpha value is -2.28. The van der Waals surface area contributed by atoms with Crippen LogP contribution >= 0.6 is 11.8 Å². The number of carbonyl (C=O) groups excluding carboxylic acids is 1. The molecule has 0 saturated carbocycles. The van der Waals surface area contributed by atoms with Crippen LogP contribution in [0.1, 0.15) is 11.3 Å². The van der Waals surface area contributed by atoms with Crippen LogP contribution < -0.4 is 10.1 Å². The van der Waals surface area contributed by atoms with E-state index in [-0.39, 0.29) is 11.7 Å². The second-order valence-corrected chi connectivity index (χ2v) is 5.97. The van der Waals surface area contributed by atoms with Crippen LogP contribution in [0.4, 0.5) is 11.5 Å². The first-order valence-electron chi connectivity index (χ1n) is 6.77. The zero-order valence-corrected chi connectivity index (χ0v) is 13.1. The van der Waals surface area contributed by atoms with E-state index >= 15 is 0 Å². The summed E-state index contributed by atoms with van der Waals surface area (Å²) in [5, 5.41) is 7.17. The van der Waals surface area contributed by atoms with Crippen molar-refractivity contribution in [3.8, 4) is 5.75 Å². The molecular weight excluding hydrogens is 302 g/mol. The Bertz CT molecular complexity index is 739. The van der Waals surface area contributed by atoms with Gasteiger partial charge in [-0.2, -0.15) is 0 Å². The van der Waals surface area contributed by atoms with Gasteiger partial charge in [-0.15, -0.1) is 0 Å². The summed E-state index contributed by atoms with van der Waals surface area (Å²) in [7, 11) is 0. The van der Waals surface area contributed by atoms with E-state index in [9.17, 15) is 4.79 Å². The van der Waals surface area contributed by atoms with Crippen molar-refractivity contribution in [2.45, 2.75) is 13.8 Å². The van der Waals surface area contributed by atoms with E-state index in [1.54, 1.807) is 13.0 Å². The van der Waals surface area contributed by atoms with Gasteiger partial charge in [0.2, 0.25) is 5.91 Å². The first-order valence-corrected chi connectivity index (χ1v) is 7.76. The van der Waals surface area contributed by atoms with E-state index in [0.717, 1.165) is 22.0 Å². The van der Waals surface area contributed by atoms with Crippen molar-refractivity contribution in [2.75, 3.05) is 17.7 Å². The molecule has 3 rings (SSSR count). The van der Waals surface area contributed by atoms with Crippen LogP contribution in [0.3, 0.4) is 0 Å². The van der Waals surface area contributed by atoms with Crippen molar-refractivity contribution in [2.24, 2.45) is 4.99 Å². The molecule has 0 fully saturated rings. The zero-order chi connectivity index (χ0) is 15.5. The topological polar surface area (TPSA) is 76.7 Å². The number of anilines is 1. The van der Waals surface area contributed by atoms with Crippen molar-refractivity contribution >= 4 is 34.2 Å². The van der Waals surface area contributed by atoms with Gasteiger partial charge in [-0.1, -0.05) is 23.0 Å². The Labute approximate surface area is 131 Å². The van der Waals surface area contributed by atoms with Crippen molar-refractivity contribution in [3.63, 3.8) is 0 Å². The molecule has 1 aromatic heterocycles. The molecule has 7 heteroatoms. The van der Waals surface area contributed by atoms with Crippen LogP contribution in [0.5, 0.6) is 5.75 Å². The van der Waals surface area contributed by atoms with E-state index < -0.39 is 0 Å². The molecule has 0 atom stereocenters. The number of thioether (sulfide) groups is 1. The smallest absolute Gasteiger partial charge is 0.236 e. The van der Waals surface area contributed by atoms with Crippen molar-refractivity contribution < 1.29 is 14.1 Å². The Morgan fingerprint density at radius 1 is 1.36 bits per heavy atom. The molecule has 114 valence electrons. The van der Waals surface area contributed by atoms with Crippen molar-refractivity contribution in [1.82, 2.24) is 5.16 Å². The molecule has 0 spiro atoms. The molecule has 1 aliphatic heterocycles. The summed E-state index contributed by atoms with van der Waals surface area (Å²) in [6, 6.07) is 7.53. The normalized spacial score (nSPS) is 13.1. The Morgan fingerprint density at radius 3 is 3.00 bits per heavy atom. The number of amides is 1. The lowest BCUT2D eigenvalue weighted by Crippen LogP contribution is -2.18. The van der Waals surface area contributed by atoms with Crippen molar-refractivity contribution in [3.05, 3.63) is 35.6 Å². The molecule has 0 aliphatic carbocycles. The summed E-state index contributed by atoms with van der Waals surface area (Å²) in [6.07, 6.45) is 0. The molecule has 0 saturated heterocycles. The number of hydrogen-bond donors (Lipinski definition) is 1. The number of nitrogens with zero attached hydrogens (tertiary/aromatic N) is 2. The Kier molecular flexibility index (Phi) is 4.15. The molecule has 6 nitrogen and oxygen atoms in total. The minimum absolute atomic E-state index is 0.157. The van der Waals surface area contributed by atoms with Gasteiger partial charge in [-0.05, 0) is 31.5 Å². The van der Waals surface area contributed by atoms with Gasteiger partial charge in [0.15, 0.2) is 5.82 Å². The van der Waals surface area contributed by atoms with Crippen LogP contribution in [0, 0.1) is 13.8 Å². The maximum Gasteiger partial charge on any atom is 0.236 e. The van der Waals surface area contributed by atoms with Gasteiger partial charge >= 0.3 is 0 Å². The quantitative estimate of drug-likeness (QED) is 0.941. The molecule has 0 bridgehead atoms. The average molecular weight is 317 g/mol. The SMILES string of the molecule is Cc1ccc2c(c1)OCC(SCC(=O)Nc1cc(C)on1)=N2. The lowest BCUT2D eigenvalue weighted by Gasteiger charge is -2.16. The fourth-order valence-corrected chi connectivity index (χ4v) is 2.64. The lowest BCUT2D eigenvalue weighted by atomic mass is 10.2. The number of fused-ring (bicyclic) bond motifs is 1. The Morgan fingerprint density at radius 2 is 2.23 bits per heavy atom. The second-order valence-electron chi connectivity index (χ2n) is 4.93. The van der Waals surface area contributed by atoms with E-state index in [1.165, 1.54) is 11.8 Å². The minimum Gasteiger partial charge on any atom is -0.484 e. The number of aliphatic imine (C=N–C) groups is 1. The maximum absolute atomic E-state index is 11.8. The number of ether oxygens (including phenoxy) is 1. The molecule has 0 unspecified atom stereocenters. The van der Waals surface area contributed by atoms with Gasteiger partial charge < -0.3 is 14.6 Å². The second kappa shape index (κ2) is 6.23. The van der Waals surface area contributed by atoms with E-state index in [1.807, 2.05) is 25.1 Å². The first-order chi connectivity index (χ1) is 10.6. The molecule has 22 heavy (non-hydrogen) atoms. The number of aryl methyl sites for hydroxylation is 2. The zero-order valence-electron chi connectivity index (χ0n) is 12.3. The summed E-state index contributed by atoms with van der Waals surface area (Å²) < 4.78 is 10.6. The predicted molar refractivity (Wildman–Crippen MR) is 86.1 cm³/mol. The molecule has 1 N–H and O–H groups in total. The highest BCUT2D eigenvalue weighted by Gasteiger charge is 2.15. The van der Waals surface area contributed by atoms with Crippen LogP contribution in [0.25, 0.3) is 0 Å². The summed E-state index contributed by atoms with van der Waals surface area (Å²) in [6.45, 7) is 4.16. The van der Waals surface area contributed by atoms with Crippen LogP contribution in [-0.2, 0) is 4.79 Å². The lowest BCUT2D eigenvalue weighted by molar-refractivity contribution is -0.113. The molecule has 1 aliphatic rings. The van der Waals surface area contributed by atoms with E-state index in [2.05, 4.69) is 15.5 Å². The summed E-state index contributed by atoms with van der Waals surface area (Å²) >= 11 is 1.35. The molecule has 1 amide bonds. The Balaban J connectivity index is 1.57. The molecule has 1 aromatic carbocycles. The third kappa shape index (κ3) is 3.48. The summed E-state index contributed by atoms with van der Waals surface area (Å²) in [4.78, 5) is 16.4. The monoisotopic (exact) mass is 317 g/mol. The number of nitrogens with one attached hydrogen (secondary N) is 1. The van der Waals surface area contributed by atoms with Gasteiger partial charge in [0.05, 0.1) is 5.75 Å². The van der Waals surface area contributed by atoms with Gasteiger partial charge in [0.1, 0.15) is 28.8 Å². The predicted octanol–water partition coefficient (Wildman–Crippen LogP) is 3.09. The summed E-state index contributed by atoms with van der Waals surface area (Å²) in [5.41, 5.74) is 1.93. The highest BCUT2D eigenvalue weighted by molar-refractivity contribution is 8.14. The standard InChI is InChI=1S/C15H15N3O3S/c1-9-3-4-11-12(5-9)20-7-15(16-11)22-8-14(19)17-13-6-10(2)21-18-13/h3-6H,7-8H2,1-2H3,(H,17,18,19). The average Bonchev–Trinajstić information content (AvgIpc) is 2.90. The number of carbonyl (C=O) groups is 1.